The zero-order valence-electron chi connectivity index (χ0n) is 22.8. The molecular weight excluding hydrogens is 426 g/mol. The average molecular weight is 478 g/mol. The summed E-state index contributed by atoms with van der Waals surface area (Å²) in [5.74, 6) is 0.278. The summed E-state index contributed by atoms with van der Waals surface area (Å²) in [6.45, 7) is 20.6. The summed E-state index contributed by atoms with van der Waals surface area (Å²) >= 11 is 0. The molecule has 0 bridgehead atoms. The fourth-order valence-corrected chi connectivity index (χ4v) is 5.82. The Morgan fingerprint density at radius 3 is 2.24 bits per heavy atom. The van der Waals surface area contributed by atoms with Gasteiger partial charge in [-0.3, -0.25) is 4.57 Å². The third-order valence-electron chi connectivity index (χ3n) is 8.48. The Hall–Kier alpha value is -1.57. The standard InChI is InChI=1S/C27H51N5O2/c1-24(2,3)27(7)19-26(27,6)18-25(4,5)21-17-22(33)32(23(21)34)16-8-9-20(29)10-12-30-14-15-31-13-11-28/h17,29-31,33-34H,8-16,18-19,28H2,1-7H3. The van der Waals surface area contributed by atoms with Gasteiger partial charge in [0.2, 0.25) is 0 Å². The molecule has 0 saturated heterocycles. The van der Waals surface area contributed by atoms with Crippen LogP contribution in [-0.2, 0) is 12.0 Å². The molecule has 7 N–H and O–H groups in total. The zero-order valence-corrected chi connectivity index (χ0v) is 22.8. The Morgan fingerprint density at radius 1 is 1.06 bits per heavy atom. The van der Waals surface area contributed by atoms with Crippen LogP contribution < -0.4 is 16.4 Å². The lowest BCUT2D eigenvalue weighted by molar-refractivity contribution is 0.156. The number of nitrogens with one attached hydrogen (secondary N) is 3. The van der Waals surface area contributed by atoms with Gasteiger partial charge in [-0.25, -0.2) is 0 Å². The number of hydrogen-bond acceptors (Lipinski definition) is 6. The van der Waals surface area contributed by atoms with E-state index in [1.807, 2.05) is 0 Å². The molecule has 34 heavy (non-hydrogen) atoms. The van der Waals surface area contributed by atoms with E-state index in [2.05, 4.69) is 59.1 Å². The highest BCUT2D eigenvalue weighted by Gasteiger charge is 2.66. The number of nitrogens with two attached hydrogens (primary N) is 1. The molecule has 2 rings (SSSR count). The van der Waals surface area contributed by atoms with Crippen molar-refractivity contribution < 1.29 is 10.2 Å². The Bertz CT molecular complexity index is 826. The zero-order chi connectivity index (χ0) is 25.8. The molecule has 1 saturated carbocycles. The Morgan fingerprint density at radius 2 is 1.68 bits per heavy atom. The molecule has 1 heterocycles. The number of rotatable bonds is 15. The van der Waals surface area contributed by atoms with E-state index in [9.17, 15) is 10.2 Å². The molecule has 196 valence electrons. The number of nitrogens with zero attached hydrogens (tertiary/aromatic N) is 1. The number of hydrogen-bond donors (Lipinski definition) is 6. The molecule has 0 radical (unpaired) electrons. The lowest BCUT2D eigenvalue weighted by Crippen LogP contribution is -2.31. The first-order valence-electron chi connectivity index (χ1n) is 13.0. The van der Waals surface area contributed by atoms with Gasteiger partial charge in [-0.05, 0) is 53.8 Å². The van der Waals surface area contributed by atoms with Gasteiger partial charge in [0.1, 0.15) is 0 Å². The van der Waals surface area contributed by atoms with Crippen LogP contribution in [0, 0.1) is 21.7 Å². The monoisotopic (exact) mass is 477 g/mol. The second-order valence-corrected chi connectivity index (χ2v) is 12.5. The molecule has 2 unspecified atom stereocenters. The maximum atomic E-state index is 11.0. The van der Waals surface area contributed by atoms with Gasteiger partial charge in [-0.2, -0.15) is 0 Å². The highest BCUT2D eigenvalue weighted by molar-refractivity contribution is 5.81. The molecular formula is C27H51N5O2. The van der Waals surface area contributed by atoms with Crippen molar-refractivity contribution in [1.29, 1.82) is 5.41 Å². The molecule has 0 aromatic carbocycles. The van der Waals surface area contributed by atoms with Crippen LogP contribution >= 0.6 is 0 Å². The van der Waals surface area contributed by atoms with Gasteiger partial charge in [-0.1, -0.05) is 48.5 Å². The second kappa shape index (κ2) is 11.0. The number of aromatic nitrogens is 1. The molecule has 7 nitrogen and oxygen atoms in total. The van der Waals surface area contributed by atoms with Crippen molar-refractivity contribution in [2.24, 2.45) is 22.0 Å². The summed E-state index contributed by atoms with van der Waals surface area (Å²) in [5, 5.41) is 36.3. The summed E-state index contributed by atoms with van der Waals surface area (Å²) in [5.41, 5.74) is 7.42. The molecule has 1 aliphatic rings. The first-order chi connectivity index (χ1) is 15.7. The molecule has 2 atom stereocenters. The van der Waals surface area contributed by atoms with Crippen LogP contribution in [0.2, 0.25) is 0 Å². The molecule has 1 aromatic rings. The highest BCUT2D eigenvalue weighted by atomic mass is 16.3. The normalized spacial score (nSPS) is 22.8. The van der Waals surface area contributed by atoms with Crippen molar-refractivity contribution in [3.63, 3.8) is 0 Å². The van der Waals surface area contributed by atoms with Crippen molar-refractivity contribution in [2.45, 2.75) is 92.5 Å². The fraction of sp³-hybridized carbons (Fsp3) is 0.815. The molecule has 7 heteroatoms. The third-order valence-corrected chi connectivity index (χ3v) is 8.48. The summed E-state index contributed by atoms with van der Waals surface area (Å²) in [6, 6.07) is 1.74. The van der Waals surface area contributed by atoms with E-state index in [0.29, 0.717) is 38.1 Å². The van der Waals surface area contributed by atoms with E-state index in [1.54, 1.807) is 10.6 Å². The van der Waals surface area contributed by atoms with Crippen molar-refractivity contribution in [3.05, 3.63) is 11.6 Å². The lowest BCUT2D eigenvalue weighted by Gasteiger charge is -2.36. The highest BCUT2D eigenvalue weighted by Crippen LogP contribution is 2.74. The second-order valence-electron chi connectivity index (χ2n) is 12.5. The summed E-state index contributed by atoms with van der Waals surface area (Å²) in [4.78, 5) is 0. The van der Waals surface area contributed by atoms with Crippen molar-refractivity contribution >= 4 is 5.71 Å². The van der Waals surface area contributed by atoms with Gasteiger partial charge in [-0.15, -0.1) is 0 Å². The van der Waals surface area contributed by atoms with Gasteiger partial charge in [0, 0.05) is 56.6 Å². The van der Waals surface area contributed by atoms with E-state index in [0.717, 1.165) is 38.2 Å². The van der Waals surface area contributed by atoms with Crippen LogP contribution in [0.25, 0.3) is 0 Å². The van der Waals surface area contributed by atoms with Crippen LogP contribution in [-0.4, -0.2) is 53.2 Å². The molecule has 1 aromatic heterocycles. The molecule has 1 aliphatic carbocycles. The minimum atomic E-state index is -0.248. The predicted molar refractivity (Wildman–Crippen MR) is 142 cm³/mol. The van der Waals surface area contributed by atoms with Gasteiger partial charge in [0.15, 0.2) is 11.8 Å². The Kier molecular flexibility index (Phi) is 9.28. The SMILES string of the molecule is CC(C)(CC1(C)CC1(C)C(C)(C)C)c1cc(O)n(CCCC(=N)CCNCCNCCN)c1O. The summed E-state index contributed by atoms with van der Waals surface area (Å²) in [6.07, 6.45) is 4.23. The van der Waals surface area contributed by atoms with Gasteiger partial charge in [0.05, 0.1) is 0 Å². The average Bonchev–Trinajstić information content (AvgIpc) is 3.15. The predicted octanol–water partition coefficient (Wildman–Crippen LogP) is 4.36. The Balaban J connectivity index is 1.86. The van der Waals surface area contributed by atoms with Crippen molar-refractivity contribution in [1.82, 2.24) is 15.2 Å². The van der Waals surface area contributed by atoms with Gasteiger partial charge >= 0.3 is 0 Å². The first-order valence-corrected chi connectivity index (χ1v) is 13.0. The molecule has 0 amide bonds. The lowest BCUT2D eigenvalue weighted by atomic mass is 9.68. The van der Waals surface area contributed by atoms with Gasteiger partial charge in [0.25, 0.3) is 0 Å². The van der Waals surface area contributed by atoms with Crippen molar-refractivity contribution in [3.8, 4) is 11.8 Å². The molecule has 0 spiro atoms. The topological polar surface area (TPSA) is 119 Å². The summed E-state index contributed by atoms with van der Waals surface area (Å²) < 4.78 is 1.60. The molecule has 1 fully saturated rings. The van der Waals surface area contributed by atoms with Crippen molar-refractivity contribution in [2.75, 3.05) is 32.7 Å². The fourth-order valence-electron chi connectivity index (χ4n) is 5.82. The van der Waals surface area contributed by atoms with E-state index < -0.39 is 0 Å². The van der Waals surface area contributed by atoms with Crippen LogP contribution in [0.5, 0.6) is 11.8 Å². The van der Waals surface area contributed by atoms with Crippen LogP contribution in [0.3, 0.4) is 0 Å². The minimum absolute atomic E-state index is 0.110. The van der Waals surface area contributed by atoms with E-state index >= 15 is 0 Å². The maximum absolute atomic E-state index is 11.0. The first kappa shape index (κ1) is 28.7. The smallest absolute Gasteiger partial charge is 0.197 e. The van der Waals surface area contributed by atoms with Gasteiger partial charge < -0.3 is 32.0 Å². The van der Waals surface area contributed by atoms with E-state index in [4.69, 9.17) is 11.1 Å². The van der Waals surface area contributed by atoms with Crippen LogP contribution in [0.15, 0.2) is 6.07 Å². The van der Waals surface area contributed by atoms with Crippen LogP contribution in [0.4, 0.5) is 0 Å². The third kappa shape index (κ3) is 6.55. The maximum Gasteiger partial charge on any atom is 0.197 e. The Labute approximate surface area is 207 Å². The number of aromatic hydroxyl groups is 2. The minimum Gasteiger partial charge on any atom is -0.494 e. The molecule has 0 aliphatic heterocycles. The summed E-state index contributed by atoms with van der Waals surface area (Å²) in [7, 11) is 0. The van der Waals surface area contributed by atoms with Crippen LogP contribution in [0.1, 0.15) is 86.1 Å². The quantitative estimate of drug-likeness (QED) is 0.166. The van der Waals surface area contributed by atoms with E-state index in [1.165, 1.54) is 6.42 Å². The largest absolute Gasteiger partial charge is 0.494 e. The van der Waals surface area contributed by atoms with E-state index in [-0.39, 0.29) is 33.4 Å².